The third kappa shape index (κ3) is 5.32. The predicted octanol–water partition coefficient (Wildman–Crippen LogP) is 2.08. The lowest BCUT2D eigenvalue weighted by molar-refractivity contribution is -0.125. The molecular weight excluding hydrogens is 244 g/mol. The van der Waals surface area contributed by atoms with Crippen LogP contribution in [0.4, 0.5) is 4.79 Å². The average molecular weight is 268 g/mol. The molecule has 0 aromatic rings. The van der Waals surface area contributed by atoms with Gasteiger partial charge in [0.15, 0.2) is 0 Å². The molecule has 0 saturated heterocycles. The molecule has 0 aliphatic heterocycles. The minimum atomic E-state index is -0.503. The molecule has 1 atom stereocenters. The molecule has 0 heterocycles. The van der Waals surface area contributed by atoms with Crippen molar-refractivity contribution >= 4 is 12.0 Å². The summed E-state index contributed by atoms with van der Waals surface area (Å²) in [5.41, 5.74) is 0.258. The Kier molecular flexibility index (Phi) is 4.97. The lowest BCUT2D eigenvalue weighted by Crippen LogP contribution is -2.41. The molecule has 1 aliphatic carbocycles. The Morgan fingerprint density at radius 2 is 2.00 bits per heavy atom. The van der Waals surface area contributed by atoms with Gasteiger partial charge in [0.2, 0.25) is 5.91 Å². The van der Waals surface area contributed by atoms with Crippen molar-refractivity contribution in [1.29, 1.82) is 0 Å². The molecule has 0 saturated carbocycles. The van der Waals surface area contributed by atoms with E-state index in [0.29, 0.717) is 6.42 Å². The number of likely N-dealkylation sites (N-methyl/N-ethyl adjacent to an activating group) is 1. The van der Waals surface area contributed by atoms with Crippen molar-refractivity contribution in [2.45, 2.75) is 51.7 Å². The third-order valence-electron chi connectivity index (χ3n) is 2.77. The zero-order valence-electron chi connectivity index (χ0n) is 12.4. The largest absolute Gasteiger partial charge is 0.444 e. The van der Waals surface area contributed by atoms with E-state index < -0.39 is 11.7 Å². The van der Waals surface area contributed by atoms with E-state index in [1.807, 2.05) is 26.8 Å². The quantitative estimate of drug-likeness (QED) is 0.834. The van der Waals surface area contributed by atoms with E-state index in [9.17, 15) is 9.59 Å². The van der Waals surface area contributed by atoms with Gasteiger partial charge in [0.05, 0.1) is 0 Å². The van der Waals surface area contributed by atoms with Gasteiger partial charge in [-0.3, -0.25) is 4.79 Å². The van der Waals surface area contributed by atoms with Crippen LogP contribution in [0.3, 0.4) is 0 Å². The van der Waals surface area contributed by atoms with Crippen molar-refractivity contribution in [3.05, 3.63) is 11.6 Å². The van der Waals surface area contributed by atoms with Crippen LogP contribution in [0, 0.1) is 0 Å². The highest BCUT2D eigenvalue weighted by molar-refractivity contribution is 5.93. The van der Waals surface area contributed by atoms with Crippen molar-refractivity contribution in [2.24, 2.45) is 0 Å². The van der Waals surface area contributed by atoms with Gasteiger partial charge in [-0.25, -0.2) is 4.79 Å². The fourth-order valence-corrected chi connectivity index (χ4v) is 1.97. The number of hydrogen-bond acceptors (Lipinski definition) is 3. The van der Waals surface area contributed by atoms with Crippen LogP contribution in [0.25, 0.3) is 0 Å². The third-order valence-corrected chi connectivity index (χ3v) is 2.77. The summed E-state index contributed by atoms with van der Waals surface area (Å²) in [6.45, 7) is 5.48. The highest BCUT2D eigenvalue weighted by Gasteiger charge is 2.24. The molecule has 5 nitrogen and oxygen atoms in total. The first-order valence-corrected chi connectivity index (χ1v) is 6.59. The van der Waals surface area contributed by atoms with Crippen molar-refractivity contribution in [3.63, 3.8) is 0 Å². The fraction of sp³-hybridized carbons (Fsp3) is 0.714. The zero-order valence-corrected chi connectivity index (χ0v) is 12.4. The van der Waals surface area contributed by atoms with Gasteiger partial charge in [-0.2, -0.15) is 0 Å². The number of allylic oxidation sites excluding steroid dienone is 1. The van der Waals surface area contributed by atoms with Crippen LogP contribution in [-0.4, -0.2) is 42.6 Å². The molecule has 0 aromatic heterocycles. The van der Waals surface area contributed by atoms with E-state index in [4.69, 9.17) is 4.74 Å². The second kappa shape index (κ2) is 6.08. The molecule has 5 heteroatoms. The lowest BCUT2D eigenvalue weighted by atomic mass is 9.94. The van der Waals surface area contributed by atoms with Gasteiger partial charge in [-0.15, -0.1) is 0 Å². The van der Waals surface area contributed by atoms with Gasteiger partial charge in [0.1, 0.15) is 5.60 Å². The van der Waals surface area contributed by atoms with Crippen molar-refractivity contribution in [3.8, 4) is 0 Å². The van der Waals surface area contributed by atoms with Gasteiger partial charge < -0.3 is 15.0 Å². The number of nitrogens with one attached hydrogen (secondary N) is 1. The highest BCUT2D eigenvalue weighted by Crippen LogP contribution is 2.20. The molecule has 0 spiro atoms. The van der Waals surface area contributed by atoms with Crippen LogP contribution in [0.2, 0.25) is 0 Å². The molecule has 0 bridgehead atoms. The molecule has 108 valence electrons. The predicted molar refractivity (Wildman–Crippen MR) is 73.8 cm³/mol. The van der Waals surface area contributed by atoms with Gasteiger partial charge >= 0.3 is 6.09 Å². The minimum absolute atomic E-state index is 0.00990. The Morgan fingerprint density at radius 1 is 1.37 bits per heavy atom. The Balaban J connectivity index is 2.53. The Hall–Kier alpha value is -1.52. The summed E-state index contributed by atoms with van der Waals surface area (Å²) < 4.78 is 5.22. The van der Waals surface area contributed by atoms with Crippen LogP contribution in [0.1, 0.15) is 40.0 Å². The summed E-state index contributed by atoms with van der Waals surface area (Å²) in [5.74, 6) is 0.00990. The van der Waals surface area contributed by atoms with Gasteiger partial charge in [0, 0.05) is 25.7 Å². The normalized spacial score (nSPS) is 19.4. The van der Waals surface area contributed by atoms with Gasteiger partial charge in [0.25, 0.3) is 0 Å². The maximum absolute atomic E-state index is 11.9. The first kappa shape index (κ1) is 15.5. The standard InChI is InChI=1S/C14H24N2O3/c1-14(2,3)19-13(18)15-11-8-6-7-10(9-11)12(17)16(4)5/h7,11H,6,8-9H2,1-5H3,(H,15,18)/t11-/m0/s1. The van der Waals surface area contributed by atoms with Crippen LogP contribution >= 0.6 is 0 Å². The lowest BCUT2D eigenvalue weighted by Gasteiger charge is -2.26. The number of hydrogen-bond donors (Lipinski definition) is 1. The van der Waals surface area contributed by atoms with E-state index >= 15 is 0 Å². The molecule has 0 unspecified atom stereocenters. The SMILES string of the molecule is CN(C)C(=O)C1=CCC[C@H](NC(=O)OC(C)(C)C)C1. The van der Waals surface area contributed by atoms with Crippen LogP contribution in [0.5, 0.6) is 0 Å². The van der Waals surface area contributed by atoms with Crippen molar-refractivity contribution < 1.29 is 14.3 Å². The molecule has 1 aliphatic rings. The van der Waals surface area contributed by atoms with Crippen LogP contribution in [-0.2, 0) is 9.53 Å². The monoisotopic (exact) mass is 268 g/mol. The van der Waals surface area contributed by atoms with Crippen molar-refractivity contribution in [2.75, 3.05) is 14.1 Å². The van der Waals surface area contributed by atoms with E-state index in [-0.39, 0.29) is 11.9 Å². The summed E-state index contributed by atoms with van der Waals surface area (Å²) >= 11 is 0. The summed E-state index contributed by atoms with van der Waals surface area (Å²) in [5, 5.41) is 2.83. The maximum Gasteiger partial charge on any atom is 0.407 e. The van der Waals surface area contributed by atoms with Crippen LogP contribution < -0.4 is 5.32 Å². The fourth-order valence-electron chi connectivity index (χ4n) is 1.97. The Labute approximate surface area is 115 Å². The van der Waals surface area contributed by atoms with E-state index in [0.717, 1.165) is 18.4 Å². The molecular formula is C14H24N2O3. The summed E-state index contributed by atoms with van der Waals surface area (Å²) in [7, 11) is 3.46. The molecule has 0 fully saturated rings. The average Bonchev–Trinajstić information content (AvgIpc) is 2.25. The van der Waals surface area contributed by atoms with E-state index in [1.54, 1.807) is 19.0 Å². The number of nitrogens with zero attached hydrogens (tertiary/aromatic N) is 1. The minimum Gasteiger partial charge on any atom is -0.444 e. The Morgan fingerprint density at radius 3 is 2.53 bits per heavy atom. The summed E-state index contributed by atoms with van der Waals surface area (Å²) in [4.78, 5) is 25.1. The first-order valence-electron chi connectivity index (χ1n) is 6.59. The molecule has 19 heavy (non-hydrogen) atoms. The first-order chi connectivity index (χ1) is 8.69. The second-order valence-corrected chi connectivity index (χ2v) is 6.05. The molecule has 1 N–H and O–H groups in total. The Bertz CT molecular complexity index is 381. The zero-order chi connectivity index (χ0) is 14.6. The molecule has 0 aromatic carbocycles. The van der Waals surface area contributed by atoms with Crippen molar-refractivity contribution in [1.82, 2.24) is 10.2 Å². The number of ether oxygens (including phenoxy) is 1. The number of rotatable bonds is 2. The molecule has 0 radical (unpaired) electrons. The van der Waals surface area contributed by atoms with Crippen LogP contribution in [0.15, 0.2) is 11.6 Å². The molecule has 2 amide bonds. The van der Waals surface area contributed by atoms with E-state index in [2.05, 4.69) is 5.32 Å². The molecule has 1 rings (SSSR count). The smallest absolute Gasteiger partial charge is 0.407 e. The summed E-state index contributed by atoms with van der Waals surface area (Å²) in [6, 6.07) is -0.0289. The topological polar surface area (TPSA) is 58.6 Å². The number of carbonyl (C=O) groups is 2. The second-order valence-electron chi connectivity index (χ2n) is 6.05. The van der Waals surface area contributed by atoms with Gasteiger partial charge in [-0.05, 0) is 40.0 Å². The van der Waals surface area contributed by atoms with E-state index in [1.165, 1.54) is 0 Å². The number of alkyl carbamates (subject to hydrolysis) is 1. The highest BCUT2D eigenvalue weighted by atomic mass is 16.6. The maximum atomic E-state index is 11.9. The number of carbonyl (C=O) groups excluding carboxylic acids is 2. The van der Waals surface area contributed by atoms with Gasteiger partial charge in [-0.1, -0.05) is 6.08 Å². The summed E-state index contributed by atoms with van der Waals surface area (Å²) in [6.07, 6.45) is 3.74. The number of amides is 2.